The van der Waals surface area contributed by atoms with E-state index in [-0.39, 0.29) is 11.2 Å². The van der Waals surface area contributed by atoms with E-state index in [0.29, 0.717) is 21.6 Å². The first kappa shape index (κ1) is 18.7. The van der Waals surface area contributed by atoms with Crippen molar-refractivity contribution < 1.29 is 4.52 Å². The van der Waals surface area contributed by atoms with E-state index in [4.69, 9.17) is 16.1 Å². The Labute approximate surface area is 161 Å². The third-order valence-corrected chi connectivity index (χ3v) is 5.17. The maximum absolute atomic E-state index is 12.3. The van der Waals surface area contributed by atoms with Gasteiger partial charge in [0.05, 0.1) is 5.75 Å². The van der Waals surface area contributed by atoms with Crippen molar-refractivity contribution in [2.45, 2.75) is 44.0 Å². The molecule has 7 heteroatoms. The van der Waals surface area contributed by atoms with Gasteiger partial charge in [0.25, 0.3) is 0 Å². The van der Waals surface area contributed by atoms with Crippen LogP contribution < -0.4 is 5.69 Å². The fourth-order valence-electron chi connectivity index (χ4n) is 2.46. The summed E-state index contributed by atoms with van der Waals surface area (Å²) >= 11 is 7.48. The molecule has 2 heterocycles. The van der Waals surface area contributed by atoms with Crippen LogP contribution in [-0.2, 0) is 11.3 Å². The summed E-state index contributed by atoms with van der Waals surface area (Å²) in [5.74, 6) is 1.26. The van der Waals surface area contributed by atoms with Crippen LogP contribution in [0, 0.1) is 6.92 Å². The highest BCUT2D eigenvalue weighted by atomic mass is 35.5. The van der Waals surface area contributed by atoms with Gasteiger partial charge in [-0.1, -0.05) is 40.7 Å². The van der Waals surface area contributed by atoms with Gasteiger partial charge in [-0.05, 0) is 45.4 Å². The number of aryl methyl sites for hydroxylation is 1. The Hall–Kier alpha value is -2.05. The molecular formula is C19H20ClN3O2S. The van der Waals surface area contributed by atoms with Gasteiger partial charge in [-0.25, -0.2) is 4.79 Å². The average molecular weight is 390 g/mol. The molecule has 0 N–H and O–H groups in total. The van der Waals surface area contributed by atoms with Crippen molar-refractivity contribution >= 4 is 23.4 Å². The Morgan fingerprint density at radius 1 is 1.27 bits per heavy atom. The van der Waals surface area contributed by atoms with Crippen LogP contribution in [0.3, 0.4) is 0 Å². The van der Waals surface area contributed by atoms with Gasteiger partial charge >= 0.3 is 5.69 Å². The molecule has 0 saturated heterocycles. The molecule has 0 fully saturated rings. The molecule has 1 aromatic carbocycles. The molecule has 0 saturated carbocycles. The molecule has 0 unspecified atom stereocenters. The summed E-state index contributed by atoms with van der Waals surface area (Å²) in [5.41, 5.74) is 2.05. The summed E-state index contributed by atoms with van der Waals surface area (Å²) in [6, 6.07) is 9.34. The lowest BCUT2D eigenvalue weighted by atomic mass is 10.1. The lowest BCUT2D eigenvalue weighted by Crippen LogP contribution is -2.35. The van der Waals surface area contributed by atoms with E-state index in [0.717, 1.165) is 16.8 Å². The smallest absolute Gasteiger partial charge is 0.349 e. The molecule has 3 rings (SSSR count). The van der Waals surface area contributed by atoms with E-state index >= 15 is 0 Å². The molecule has 0 aliphatic heterocycles. The number of hydrogen-bond acceptors (Lipinski definition) is 5. The van der Waals surface area contributed by atoms with E-state index in [1.807, 2.05) is 64.2 Å². The third kappa shape index (κ3) is 4.19. The van der Waals surface area contributed by atoms with Crippen molar-refractivity contribution in [2.75, 3.05) is 0 Å². The van der Waals surface area contributed by atoms with E-state index in [1.165, 1.54) is 11.8 Å². The van der Waals surface area contributed by atoms with Gasteiger partial charge in [0, 0.05) is 28.4 Å². The molecule has 5 nitrogen and oxygen atoms in total. The Morgan fingerprint density at radius 2 is 2.04 bits per heavy atom. The Bertz CT molecular complexity index is 989. The van der Waals surface area contributed by atoms with E-state index in [9.17, 15) is 4.79 Å². The standard InChI is InChI=1S/C19H20ClN3O2S/c1-12-10-23(19(2,3)4)18(24)21-17(12)26-11-15-9-16(22-25-15)13-6-5-7-14(20)8-13/h5-10H,11H2,1-4H3. The quantitative estimate of drug-likeness (QED) is 0.468. The van der Waals surface area contributed by atoms with Crippen LogP contribution in [0.15, 0.2) is 50.9 Å². The predicted molar refractivity (Wildman–Crippen MR) is 105 cm³/mol. The van der Waals surface area contributed by atoms with Gasteiger partial charge in [0.2, 0.25) is 0 Å². The van der Waals surface area contributed by atoms with Crippen LogP contribution in [0.1, 0.15) is 32.1 Å². The average Bonchev–Trinajstić information content (AvgIpc) is 3.03. The normalized spacial score (nSPS) is 11.7. The highest BCUT2D eigenvalue weighted by molar-refractivity contribution is 7.98. The molecule has 26 heavy (non-hydrogen) atoms. The highest BCUT2D eigenvalue weighted by Gasteiger charge is 2.17. The largest absolute Gasteiger partial charge is 0.360 e. The molecule has 0 spiro atoms. The van der Waals surface area contributed by atoms with Gasteiger partial charge < -0.3 is 4.52 Å². The van der Waals surface area contributed by atoms with Crippen molar-refractivity contribution in [3.63, 3.8) is 0 Å². The topological polar surface area (TPSA) is 60.9 Å². The summed E-state index contributed by atoms with van der Waals surface area (Å²) in [7, 11) is 0. The lowest BCUT2D eigenvalue weighted by molar-refractivity contribution is 0.373. The first-order valence-electron chi connectivity index (χ1n) is 8.19. The second-order valence-corrected chi connectivity index (χ2v) is 8.43. The second kappa shape index (κ2) is 7.29. The van der Waals surface area contributed by atoms with Crippen molar-refractivity contribution in [3.8, 4) is 11.3 Å². The first-order valence-corrected chi connectivity index (χ1v) is 9.55. The van der Waals surface area contributed by atoms with Crippen LogP contribution in [0.4, 0.5) is 0 Å². The zero-order valence-corrected chi connectivity index (χ0v) is 16.7. The van der Waals surface area contributed by atoms with E-state index in [1.54, 1.807) is 4.57 Å². The van der Waals surface area contributed by atoms with E-state index in [2.05, 4.69) is 10.1 Å². The molecule has 0 bridgehead atoms. The van der Waals surface area contributed by atoms with Gasteiger partial charge in [-0.2, -0.15) is 4.98 Å². The number of nitrogens with zero attached hydrogens (tertiary/aromatic N) is 3. The van der Waals surface area contributed by atoms with Gasteiger partial charge in [0.1, 0.15) is 16.5 Å². The SMILES string of the molecule is Cc1cn(C(C)(C)C)c(=O)nc1SCc1cc(-c2cccc(Cl)c2)no1. The molecule has 0 amide bonds. The third-order valence-electron chi connectivity index (χ3n) is 3.82. The molecular weight excluding hydrogens is 370 g/mol. The molecule has 2 aromatic heterocycles. The van der Waals surface area contributed by atoms with Gasteiger partial charge in [0.15, 0.2) is 0 Å². The molecule has 3 aromatic rings. The Morgan fingerprint density at radius 3 is 2.73 bits per heavy atom. The number of aromatic nitrogens is 3. The molecule has 0 aliphatic carbocycles. The minimum atomic E-state index is -0.297. The van der Waals surface area contributed by atoms with Crippen LogP contribution in [0.5, 0.6) is 0 Å². The molecule has 136 valence electrons. The molecule has 0 atom stereocenters. The number of halogens is 1. The lowest BCUT2D eigenvalue weighted by Gasteiger charge is -2.22. The van der Waals surface area contributed by atoms with E-state index < -0.39 is 0 Å². The Kier molecular flexibility index (Phi) is 5.25. The fraction of sp³-hybridized carbons (Fsp3) is 0.316. The number of benzene rings is 1. The zero-order valence-electron chi connectivity index (χ0n) is 15.1. The minimum absolute atomic E-state index is 0.247. The van der Waals surface area contributed by atoms with Crippen LogP contribution in [0.25, 0.3) is 11.3 Å². The summed E-state index contributed by atoms with van der Waals surface area (Å²) in [5, 5.41) is 5.45. The summed E-state index contributed by atoms with van der Waals surface area (Å²) in [6.07, 6.45) is 1.86. The number of thioether (sulfide) groups is 1. The monoisotopic (exact) mass is 389 g/mol. The summed E-state index contributed by atoms with van der Waals surface area (Å²) in [4.78, 5) is 16.5. The van der Waals surface area contributed by atoms with Crippen LogP contribution in [0.2, 0.25) is 5.02 Å². The van der Waals surface area contributed by atoms with Crippen LogP contribution >= 0.6 is 23.4 Å². The maximum Gasteiger partial charge on any atom is 0.349 e. The van der Waals surface area contributed by atoms with Crippen molar-refractivity contribution in [1.82, 2.24) is 14.7 Å². The Balaban J connectivity index is 1.76. The van der Waals surface area contributed by atoms with Crippen molar-refractivity contribution in [3.05, 3.63) is 63.4 Å². The fourth-order valence-corrected chi connectivity index (χ4v) is 3.49. The van der Waals surface area contributed by atoms with Crippen molar-refractivity contribution in [2.24, 2.45) is 0 Å². The maximum atomic E-state index is 12.3. The summed E-state index contributed by atoms with van der Waals surface area (Å²) in [6.45, 7) is 7.89. The number of rotatable bonds is 4. The van der Waals surface area contributed by atoms with Gasteiger partial charge in [-0.15, -0.1) is 0 Å². The van der Waals surface area contributed by atoms with Crippen LogP contribution in [-0.4, -0.2) is 14.7 Å². The number of hydrogen-bond donors (Lipinski definition) is 0. The molecule has 0 radical (unpaired) electrons. The van der Waals surface area contributed by atoms with Crippen molar-refractivity contribution in [1.29, 1.82) is 0 Å². The highest BCUT2D eigenvalue weighted by Crippen LogP contribution is 2.27. The van der Waals surface area contributed by atoms with Gasteiger partial charge in [-0.3, -0.25) is 4.57 Å². The summed E-state index contributed by atoms with van der Waals surface area (Å²) < 4.78 is 7.05. The predicted octanol–water partition coefficient (Wildman–Crippen LogP) is 4.91. The minimum Gasteiger partial charge on any atom is -0.360 e. The zero-order chi connectivity index (χ0) is 18.9. The second-order valence-electron chi connectivity index (χ2n) is 7.03. The first-order chi connectivity index (χ1) is 12.2. The molecule has 0 aliphatic rings.